The normalized spacial score (nSPS) is 47.7. The van der Waals surface area contributed by atoms with Crippen molar-refractivity contribution in [2.24, 2.45) is 11.8 Å². The van der Waals surface area contributed by atoms with Crippen LogP contribution in [0.5, 0.6) is 0 Å². The summed E-state index contributed by atoms with van der Waals surface area (Å²) in [5.41, 5.74) is 1.48. The van der Waals surface area contributed by atoms with E-state index in [0.29, 0.717) is 25.7 Å². The third-order valence-electron chi connectivity index (χ3n) is 14.6. The Morgan fingerprint density at radius 3 is 2.36 bits per heavy atom. The third kappa shape index (κ3) is 8.71. The number of Topliss-reactive ketones (excluding diaryl/α,β-unsaturated/α-hetero) is 1. The Bertz CT molecular complexity index is 1600. The monoisotopic (exact) mass is 829 g/mol. The average Bonchev–Trinajstić information content (AvgIpc) is 3.85. The minimum absolute atomic E-state index is 0.000416. The smallest absolute Gasteiger partial charge is 0.407 e. The quantitative estimate of drug-likeness (QED) is 0.357. The SMILES string of the molecule is C=C1CC2CC[C@@]34CC5O[C@H]6[C@@H](O3)[C@H]3O[C@H](CC[C@@H]3O[C@H]6[C@H]5O4)CC(=O)CC3C(CC4O[C@@H](CCC1O2)C[C@@H](C)C4=C)O[C@H](C[C@H](O)CNC(=O)OC(C)(C)C)[C@@H]3OC. The molecule has 1 amide bonds. The fourth-order valence-electron chi connectivity index (χ4n) is 11.8. The van der Waals surface area contributed by atoms with Crippen molar-refractivity contribution in [2.45, 2.75) is 220 Å². The Morgan fingerprint density at radius 2 is 1.56 bits per heavy atom. The number of hydrogen-bond acceptors (Lipinski definition) is 13. The van der Waals surface area contributed by atoms with E-state index in [0.717, 1.165) is 49.7 Å². The van der Waals surface area contributed by atoms with E-state index >= 15 is 0 Å². The number of ether oxygens (including phenoxy) is 10. The standard InChI is InChI=1S/C45H67NO13/c1-22-14-27-8-10-31-23(2)15-29(51-31)12-13-45-20-36-39(57-45)40-41(56-36)42(58-45)38-32(55-40)11-9-28(53-38)16-25(47)17-30-34(19-33(52-27)24(22)3)54-35(37(30)50-7)18-26(48)21-46-43(49)59-44(4,5)6/h22,26-42,48H,2-3,8-21H2,1,4-7H3,(H,46,49)/t22-,26+,27+,28-,29?,30?,31?,32+,33?,34?,35-,36?,37-,38+,39+,40+,41-,42+,45+/m1/s1. The summed E-state index contributed by atoms with van der Waals surface area (Å²) in [5, 5.41) is 13.8. The molecule has 59 heavy (non-hydrogen) atoms. The van der Waals surface area contributed by atoms with E-state index in [1.807, 2.05) is 0 Å². The highest BCUT2D eigenvalue weighted by Gasteiger charge is 2.68. The molecular weight excluding hydrogens is 762 g/mol. The summed E-state index contributed by atoms with van der Waals surface area (Å²) >= 11 is 0. The molecule has 0 aromatic heterocycles. The number of hydrogen-bond donors (Lipinski definition) is 2. The van der Waals surface area contributed by atoms with E-state index in [9.17, 15) is 14.7 Å². The summed E-state index contributed by atoms with van der Waals surface area (Å²) in [6.45, 7) is 16.5. The number of nitrogens with one attached hydrogen (secondary N) is 1. The number of aliphatic hydroxyl groups excluding tert-OH is 1. The van der Waals surface area contributed by atoms with Crippen LogP contribution < -0.4 is 5.32 Å². The molecule has 14 nitrogen and oxygen atoms in total. The molecule has 14 heteroatoms. The highest BCUT2D eigenvalue weighted by atomic mass is 16.8. The minimum atomic E-state index is -0.935. The van der Waals surface area contributed by atoms with Crippen LogP contribution in [0, 0.1) is 11.8 Å². The Balaban J connectivity index is 0.955. The summed E-state index contributed by atoms with van der Waals surface area (Å²) in [7, 11) is 1.63. The van der Waals surface area contributed by atoms with Gasteiger partial charge in [-0.2, -0.15) is 0 Å². The van der Waals surface area contributed by atoms with E-state index in [1.165, 1.54) is 0 Å². The van der Waals surface area contributed by atoms with Crippen LogP contribution in [0.4, 0.5) is 4.79 Å². The summed E-state index contributed by atoms with van der Waals surface area (Å²) in [5.74, 6) is -0.821. The molecule has 10 heterocycles. The van der Waals surface area contributed by atoms with Gasteiger partial charge in [-0.3, -0.25) is 4.79 Å². The van der Waals surface area contributed by atoms with Crippen LogP contribution >= 0.6 is 0 Å². The molecular formula is C45H67NO13. The van der Waals surface area contributed by atoms with Crippen molar-refractivity contribution in [3.05, 3.63) is 24.3 Å². The summed E-state index contributed by atoms with van der Waals surface area (Å²) in [6.07, 6.45) is 2.78. The number of ketones is 1. The van der Waals surface area contributed by atoms with Crippen LogP contribution in [-0.2, 0) is 52.2 Å². The number of aliphatic hydroxyl groups is 1. The van der Waals surface area contributed by atoms with Crippen molar-refractivity contribution in [1.82, 2.24) is 5.32 Å². The molecule has 10 aliphatic heterocycles. The molecule has 10 aliphatic rings. The number of rotatable bonds is 5. The Kier molecular flexibility index (Phi) is 11.9. The first-order valence-electron chi connectivity index (χ1n) is 22.5. The van der Waals surface area contributed by atoms with Gasteiger partial charge in [-0.1, -0.05) is 20.1 Å². The van der Waals surface area contributed by atoms with Crippen molar-refractivity contribution in [3.63, 3.8) is 0 Å². The first-order chi connectivity index (χ1) is 28.1. The molecule has 0 saturated carbocycles. The van der Waals surface area contributed by atoms with Crippen LogP contribution in [0.1, 0.15) is 111 Å². The molecule has 10 fully saturated rings. The van der Waals surface area contributed by atoms with E-state index in [1.54, 1.807) is 27.9 Å². The van der Waals surface area contributed by atoms with Gasteiger partial charge in [-0.25, -0.2) is 4.79 Å². The zero-order chi connectivity index (χ0) is 41.4. The van der Waals surface area contributed by atoms with Crippen molar-refractivity contribution >= 4 is 11.9 Å². The first kappa shape index (κ1) is 42.3. The van der Waals surface area contributed by atoms with Crippen molar-refractivity contribution < 1.29 is 62.1 Å². The maximum atomic E-state index is 14.2. The zero-order valence-electron chi connectivity index (χ0n) is 35.6. The van der Waals surface area contributed by atoms with Crippen LogP contribution in [0.25, 0.3) is 0 Å². The Morgan fingerprint density at radius 1 is 0.831 bits per heavy atom. The Hall–Kier alpha value is -1.98. The maximum Gasteiger partial charge on any atom is 0.407 e. The molecule has 19 atom stereocenters. The molecule has 0 aromatic rings. The largest absolute Gasteiger partial charge is 0.444 e. The summed E-state index contributed by atoms with van der Waals surface area (Å²) in [4.78, 5) is 26.6. The lowest BCUT2D eigenvalue weighted by Gasteiger charge is -2.47. The topological polar surface area (TPSA) is 159 Å². The van der Waals surface area contributed by atoms with Crippen molar-refractivity contribution in [3.8, 4) is 0 Å². The van der Waals surface area contributed by atoms with E-state index < -0.39 is 41.9 Å². The van der Waals surface area contributed by atoms with Gasteiger partial charge < -0.3 is 57.8 Å². The maximum absolute atomic E-state index is 14.2. The number of fused-ring (bicyclic) bond motifs is 6. The number of carbonyl (C=O) groups excluding carboxylic acids is 2. The lowest BCUT2D eigenvalue weighted by Crippen LogP contribution is -2.61. The number of amides is 1. The van der Waals surface area contributed by atoms with E-state index in [4.69, 9.17) is 47.4 Å². The second kappa shape index (κ2) is 16.6. The molecule has 0 radical (unpaired) electrons. The highest BCUT2D eigenvalue weighted by Crippen LogP contribution is 2.54. The van der Waals surface area contributed by atoms with Crippen LogP contribution in [-0.4, -0.2) is 140 Å². The molecule has 0 aliphatic carbocycles. The van der Waals surface area contributed by atoms with Gasteiger partial charge >= 0.3 is 6.09 Å². The lowest BCUT2D eigenvalue weighted by atomic mass is 9.81. The van der Waals surface area contributed by atoms with Crippen molar-refractivity contribution in [1.29, 1.82) is 0 Å². The molecule has 2 N–H and O–H groups in total. The molecule has 10 rings (SSSR count). The molecule has 10 saturated heterocycles. The van der Waals surface area contributed by atoms with Crippen LogP contribution in [0.2, 0.25) is 0 Å². The second-order valence-corrected chi connectivity index (χ2v) is 20.1. The van der Waals surface area contributed by atoms with Crippen LogP contribution in [0.3, 0.4) is 0 Å². The zero-order valence-corrected chi connectivity index (χ0v) is 35.6. The lowest BCUT2D eigenvalue weighted by molar-refractivity contribution is -0.292. The fourth-order valence-corrected chi connectivity index (χ4v) is 11.8. The first-order valence-corrected chi connectivity index (χ1v) is 22.5. The van der Waals surface area contributed by atoms with Gasteiger partial charge in [0.25, 0.3) is 0 Å². The fraction of sp³-hybridized carbons (Fsp3) is 0.867. The summed E-state index contributed by atoms with van der Waals surface area (Å²) < 4.78 is 65.7. The van der Waals surface area contributed by atoms with Gasteiger partial charge in [0.2, 0.25) is 0 Å². The van der Waals surface area contributed by atoms with Gasteiger partial charge in [0.05, 0.1) is 67.1 Å². The Labute approximate surface area is 348 Å². The minimum Gasteiger partial charge on any atom is -0.444 e. The van der Waals surface area contributed by atoms with E-state index in [2.05, 4.69) is 25.4 Å². The second-order valence-electron chi connectivity index (χ2n) is 20.1. The number of methoxy groups -OCH3 is 1. The predicted octanol–water partition coefficient (Wildman–Crippen LogP) is 5.00. The number of carbonyl (C=O) groups is 2. The van der Waals surface area contributed by atoms with Crippen molar-refractivity contribution in [2.75, 3.05) is 13.7 Å². The molecule has 0 aromatic carbocycles. The van der Waals surface area contributed by atoms with Gasteiger partial charge in [-0.15, -0.1) is 0 Å². The van der Waals surface area contributed by atoms with Crippen LogP contribution in [0.15, 0.2) is 24.3 Å². The number of alkyl carbamates (subject to hydrolysis) is 1. The molecule has 12 bridgehead atoms. The van der Waals surface area contributed by atoms with Gasteiger partial charge in [-0.05, 0) is 82.8 Å². The van der Waals surface area contributed by atoms with Gasteiger partial charge in [0.1, 0.15) is 41.9 Å². The predicted molar refractivity (Wildman–Crippen MR) is 211 cm³/mol. The van der Waals surface area contributed by atoms with Gasteiger partial charge in [0, 0.05) is 58.1 Å². The third-order valence-corrected chi connectivity index (χ3v) is 14.6. The molecule has 6 unspecified atom stereocenters. The highest BCUT2D eigenvalue weighted by molar-refractivity contribution is 5.79. The summed E-state index contributed by atoms with van der Waals surface area (Å²) in [6, 6.07) is 0. The van der Waals surface area contributed by atoms with Gasteiger partial charge in [0.15, 0.2) is 5.79 Å². The van der Waals surface area contributed by atoms with E-state index in [-0.39, 0.29) is 117 Å². The molecule has 1 spiro atoms. The average molecular weight is 830 g/mol. The molecule has 330 valence electrons.